The van der Waals surface area contributed by atoms with Gasteiger partial charge in [0.05, 0.1) is 11.3 Å². The second kappa shape index (κ2) is 6.38. The number of benzene rings is 1. The minimum Gasteiger partial charge on any atom is -0.310 e. The van der Waals surface area contributed by atoms with Crippen LogP contribution in [0.4, 0.5) is 11.5 Å². The van der Waals surface area contributed by atoms with Gasteiger partial charge >= 0.3 is 0 Å². The lowest BCUT2D eigenvalue weighted by molar-refractivity contribution is -0.385. The molecule has 2 aromatic rings. The Labute approximate surface area is 119 Å². The Morgan fingerprint density at radius 1 is 1.14 bits per heavy atom. The molecule has 21 heavy (non-hydrogen) atoms. The van der Waals surface area contributed by atoms with Crippen molar-refractivity contribution in [3.8, 4) is 0 Å². The second-order valence-corrected chi connectivity index (χ2v) is 4.17. The van der Waals surface area contributed by atoms with Crippen molar-refractivity contribution in [1.82, 2.24) is 4.98 Å². The lowest BCUT2D eigenvalue weighted by Gasteiger charge is -2.03. The molecule has 7 heteroatoms. The number of carbonyl (C=O) groups is 2. The molecule has 0 aliphatic heterocycles. The van der Waals surface area contributed by atoms with Crippen molar-refractivity contribution < 1.29 is 14.5 Å². The molecule has 0 radical (unpaired) electrons. The van der Waals surface area contributed by atoms with Gasteiger partial charge in [0, 0.05) is 11.6 Å². The summed E-state index contributed by atoms with van der Waals surface area (Å²) in [4.78, 5) is 37.1. The lowest BCUT2D eigenvalue weighted by atomic mass is 10.1. The number of pyridine rings is 1. The number of aromatic nitrogens is 1. The summed E-state index contributed by atoms with van der Waals surface area (Å²) >= 11 is 0. The Kier molecular flexibility index (Phi) is 4.35. The van der Waals surface area contributed by atoms with Gasteiger partial charge in [-0.1, -0.05) is 30.3 Å². The fourth-order valence-corrected chi connectivity index (χ4v) is 1.63. The first kappa shape index (κ1) is 14.3. The number of amides is 1. The molecule has 0 unspecified atom stereocenters. The summed E-state index contributed by atoms with van der Waals surface area (Å²) in [6.45, 7) is 0. The van der Waals surface area contributed by atoms with Crippen LogP contribution in [0.15, 0.2) is 48.7 Å². The maximum absolute atomic E-state index is 11.8. The van der Waals surface area contributed by atoms with Crippen molar-refractivity contribution in [2.24, 2.45) is 0 Å². The zero-order valence-electron chi connectivity index (χ0n) is 10.9. The van der Waals surface area contributed by atoms with Crippen LogP contribution < -0.4 is 5.32 Å². The van der Waals surface area contributed by atoms with E-state index in [0.29, 0.717) is 5.56 Å². The molecule has 0 fully saturated rings. The molecule has 1 heterocycles. The topological polar surface area (TPSA) is 102 Å². The molecular weight excluding hydrogens is 274 g/mol. The highest BCUT2D eigenvalue weighted by Gasteiger charge is 2.13. The maximum Gasteiger partial charge on any atom is 0.287 e. The van der Waals surface area contributed by atoms with Crippen molar-refractivity contribution in [2.75, 3.05) is 5.32 Å². The molecule has 0 aliphatic carbocycles. The largest absolute Gasteiger partial charge is 0.310 e. The number of Topliss-reactive ketones (excluding diaryl/α,β-unsaturated/α-hetero) is 1. The van der Waals surface area contributed by atoms with Gasteiger partial charge in [0.25, 0.3) is 5.69 Å². The smallest absolute Gasteiger partial charge is 0.287 e. The first-order chi connectivity index (χ1) is 10.1. The molecule has 0 aliphatic rings. The molecule has 1 amide bonds. The Hall–Kier alpha value is -3.09. The summed E-state index contributed by atoms with van der Waals surface area (Å²) in [6, 6.07) is 11.0. The van der Waals surface area contributed by atoms with E-state index in [1.807, 2.05) is 0 Å². The Morgan fingerprint density at radius 3 is 2.43 bits per heavy atom. The number of nitrogens with zero attached hydrogens (tertiary/aromatic N) is 2. The number of anilines is 1. The highest BCUT2D eigenvalue weighted by molar-refractivity contribution is 6.10. The standard InChI is InChI=1S/C14H11N3O4/c18-12(10-4-2-1-3-5-10)8-14(19)16-13-7-6-11(9-15-13)17(20)21/h1-7,9H,8H2,(H,15,16,19). The van der Waals surface area contributed by atoms with E-state index in [1.165, 1.54) is 12.1 Å². The molecular formula is C14H11N3O4. The van der Waals surface area contributed by atoms with E-state index in [9.17, 15) is 19.7 Å². The summed E-state index contributed by atoms with van der Waals surface area (Å²) in [5.41, 5.74) is 0.276. The van der Waals surface area contributed by atoms with Gasteiger partial charge < -0.3 is 5.32 Å². The second-order valence-electron chi connectivity index (χ2n) is 4.17. The molecule has 0 atom stereocenters. The van der Waals surface area contributed by atoms with E-state index in [2.05, 4.69) is 10.3 Å². The Balaban J connectivity index is 1.95. The van der Waals surface area contributed by atoms with E-state index in [0.717, 1.165) is 6.20 Å². The SMILES string of the molecule is O=C(CC(=O)c1ccccc1)Nc1ccc([N+](=O)[O-])cn1. The summed E-state index contributed by atoms with van der Waals surface area (Å²) in [5, 5.41) is 12.9. The monoisotopic (exact) mass is 285 g/mol. The molecule has 0 saturated heterocycles. The fourth-order valence-electron chi connectivity index (χ4n) is 1.63. The van der Waals surface area contributed by atoms with Crippen LogP contribution in [0.1, 0.15) is 16.8 Å². The molecule has 106 valence electrons. The van der Waals surface area contributed by atoms with Gasteiger partial charge in [0.1, 0.15) is 12.0 Å². The van der Waals surface area contributed by atoms with Crippen LogP contribution in [0.3, 0.4) is 0 Å². The van der Waals surface area contributed by atoms with Crippen molar-refractivity contribution in [1.29, 1.82) is 0 Å². The first-order valence-corrected chi connectivity index (χ1v) is 6.05. The molecule has 1 aromatic carbocycles. The van der Waals surface area contributed by atoms with Crippen molar-refractivity contribution in [3.05, 3.63) is 64.3 Å². The number of hydrogen-bond acceptors (Lipinski definition) is 5. The molecule has 1 N–H and O–H groups in total. The predicted molar refractivity (Wildman–Crippen MR) is 74.9 cm³/mol. The van der Waals surface area contributed by atoms with Gasteiger partial charge in [-0.05, 0) is 6.07 Å². The van der Waals surface area contributed by atoms with E-state index in [4.69, 9.17) is 0 Å². The lowest BCUT2D eigenvalue weighted by Crippen LogP contribution is -2.17. The predicted octanol–water partition coefficient (Wildman–Crippen LogP) is 2.20. The van der Waals surface area contributed by atoms with E-state index in [-0.39, 0.29) is 23.7 Å². The molecule has 0 spiro atoms. The minimum atomic E-state index is -0.586. The summed E-state index contributed by atoms with van der Waals surface area (Å²) in [5.74, 6) is -0.674. The van der Waals surface area contributed by atoms with Crippen LogP contribution in [-0.2, 0) is 4.79 Å². The van der Waals surface area contributed by atoms with E-state index in [1.54, 1.807) is 30.3 Å². The van der Waals surface area contributed by atoms with Crippen LogP contribution in [-0.4, -0.2) is 21.6 Å². The molecule has 7 nitrogen and oxygen atoms in total. The van der Waals surface area contributed by atoms with Gasteiger partial charge in [-0.3, -0.25) is 19.7 Å². The van der Waals surface area contributed by atoms with E-state index < -0.39 is 10.8 Å². The number of ketones is 1. The highest BCUT2D eigenvalue weighted by Crippen LogP contribution is 2.12. The molecule has 2 rings (SSSR count). The Morgan fingerprint density at radius 2 is 1.86 bits per heavy atom. The quantitative estimate of drug-likeness (QED) is 0.392. The number of carbonyl (C=O) groups excluding carboxylic acids is 2. The van der Waals surface area contributed by atoms with Crippen LogP contribution in [0, 0.1) is 10.1 Å². The molecule has 1 aromatic heterocycles. The van der Waals surface area contributed by atoms with Gasteiger partial charge in [0.15, 0.2) is 5.78 Å². The minimum absolute atomic E-state index is 0.159. The van der Waals surface area contributed by atoms with Crippen molar-refractivity contribution >= 4 is 23.2 Å². The first-order valence-electron chi connectivity index (χ1n) is 6.05. The third-order valence-electron chi connectivity index (χ3n) is 2.64. The molecule has 0 bridgehead atoms. The zero-order valence-corrected chi connectivity index (χ0v) is 10.9. The van der Waals surface area contributed by atoms with Gasteiger partial charge in [-0.2, -0.15) is 0 Å². The van der Waals surface area contributed by atoms with Crippen LogP contribution in [0.5, 0.6) is 0 Å². The van der Waals surface area contributed by atoms with Crippen LogP contribution in [0.2, 0.25) is 0 Å². The third-order valence-corrected chi connectivity index (χ3v) is 2.64. The van der Waals surface area contributed by atoms with Crippen molar-refractivity contribution in [3.63, 3.8) is 0 Å². The number of rotatable bonds is 5. The fraction of sp³-hybridized carbons (Fsp3) is 0.0714. The normalized spacial score (nSPS) is 9.90. The van der Waals surface area contributed by atoms with Gasteiger partial charge in [-0.25, -0.2) is 4.98 Å². The number of hydrogen-bond donors (Lipinski definition) is 1. The number of nitrogens with one attached hydrogen (secondary N) is 1. The molecule has 0 saturated carbocycles. The van der Waals surface area contributed by atoms with Gasteiger partial charge in [0.2, 0.25) is 5.91 Å². The highest BCUT2D eigenvalue weighted by atomic mass is 16.6. The van der Waals surface area contributed by atoms with Crippen LogP contribution in [0.25, 0.3) is 0 Å². The number of nitro groups is 1. The summed E-state index contributed by atoms with van der Waals surface area (Å²) < 4.78 is 0. The third kappa shape index (κ3) is 3.93. The zero-order chi connectivity index (χ0) is 15.2. The summed E-state index contributed by atoms with van der Waals surface area (Å²) in [7, 11) is 0. The van der Waals surface area contributed by atoms with Gasteiger partial charge in [-0.15, -0.1) is 0 Å². The summed E-state index contributed by atoms with van der Waals surface area (Å²) in [6.07, 6.45) is 0.720. The average Bonchev–Trinajstić information content (AvgIpc) is 2.48. The average molecular weight is 285 g/mol. The van der Waals surface area contributed by atoms with Crippen LogP contribution >= 0.6 is 0 Å². The van der Waals surface area contributed by atoms with Crippen molar-refractivity contribution in [2.45, 2.75) is 6.42 Å². The van der Waals surface area contributed by atoms with E-state index >= 15 is 0 Å². The maximum atomic E-state index is 11.8. The Bertz CT molecular complexity index is 668.